The van der Waals surface area contributed by atoms with Gasteiger partial charge in [0.2, 0.25) is 0 Å². The Morgan fingerprint density at radius 1 is 0.426 bits per heavy atom. The van der Waals surface area contributed by atoms with E-state index < -0.39 is 6.10 Å². The molecule has 0 radical (unpaired) electrons. The summed E-state index contributed by atoms with van der Waals surface area (Å²) in [5.74, 6) is -0.446. The van der Waals surface area contributed by atoms with Crippen molar-refractivity contribution in [2.24, 2.45) is 0 Å². The van der Waals surface area contributed by atoms with E-state index in [0.717, 1.165) is 83.5 Å². The maximum Gasteiger partial charge on any atom is 0.306 e. The fourth-order valence-electron chi connectivity index (χ4n) is 6.09. The third-order valence-corrected chi connectivity index (χ3v) is 9.51. The van der Waals surface area contributed by atoms with Gasteiger partial charge in [0.25, 0.3) is 0 Å². The number of hydrogen-bond acceptors (Lipinski definition) is 5. The predicted molar refractivity (Wildman–Crippen MR) is 233 cm³/mol. The van der Waals surface area contributed by atoms with Crippen LogP contribution in [0.4, 0.5) is 0 Å². The normalized spacial score (nSPS) is 12.7. The highest BCUT2D eigenvalue weighted by atomic mass is 16.6. The fourth-order valence-corrected chi connectivity index (χ4v) is 6.09. The minimum Gasteiger partial charge on any atom is -0.462 e. The van der Waals surface area contributed by atoms with E-state index in [1.807, 2.05) is 0 Å². The van der Waals surface area contributed by atoms with Gasteiger partial charge in [-0.05, 0) is 96.3 Å². The Morgan fingerprint density at radius 3 is 1.43 bits per heavy atom. The summed E-state index contributed by atoms with van der Waals surface area (Å²) >= 11 is 0. The molecule has 0 aromatic rings. The lowest BCUT2D eigenvalue weighted by atomic mass is 10.1. The zero-order valence-corrected chi connectivity index (χ0v) is 35.7. The zero-order valence-electron chi connectivity index (χ0n) is 35.7. The largest absolute Gasteiger partial charge is 0.462 e. The van der Waals surface area contributed by atoms with Crippen LogP contribution in [-0.4, -0.2) is 37.9 Å². The Balaban J connectivity index is 4.31. The maximum absolute atomic E-state index is 12.7. The number of carbonyl (C=O) groups excluding carboxylic acids is 2. The summed E-state index contributed by atoms with van der Waals surface area (Å²) in [6.07, 6.45) is 55.0. The summed E-state index contributed by atoms with van der Waals surface area (Å²) in [5, 5.41) is 0. The smallest absolute Gasteiger partial charge is 0.306 e. The quantitative estimate of drug-likeness (QED) is 0.0353. The highest BCUT2D eigenvalue weighted by Crippen LogP contribution is 2.12. The van der Waals surface area contributed by atoms with Crippen LogP contribution in [0.25, 0.3) is 0 Å². The van der Waals surface area contributed by atoms with Crippen LogP contribution in [0.1, 0.15) is 213 Å². The van der Waals surface area contributed by atoms with Crippen LogP contribution in [0.2, 0.25) is 0 Å². The van der Waals surface area contributed by atoms with Crippen LogP contribution in [-0.2, 0) is 23.8 Å². The molecule has 5 heteroatoms. The van der Waals surface area contributed by atoms with Crippen LogP contribution >= 0.6 is 0 Å². The Bertz CT molecular complexity index is 946. The molecule has 0 spiro atoms. The summed E-state index contributed by atoms with van der Waals surface area (Å²) < 4.78 is 17.3. The lowest BCUT2D eigenvalue weighted by Gasteiger charge is -2.18. The molecular formula is C49H86O5. The van der Waals surface area contributed by atoms with E-state index in [1.54, 1.807) is 0 Å². The maximum atomic E-state index is 12.7. The summed E-state index contributed by atoms with van der Waals surface area (Å²) in [6, 6.07) is 0. The molecule has 0 N–H and O–H groups in total. The second-order valence-corrected chi connectivity index (χ2v) is 14.9. The lowest BCUT2D eigenvalue weighted by molar-refractivity contribution is -0.163. The molecule has 54 heavy (non-hydrogen) atoms. The van der Waals surface area contributed by atoms with Crippen LogP contribution in [0.3, 0.4) is 0 Å². The predicted octanol–water partition coefficient (Wildman–Crippen LogP) is 15.0. The first-order valence-electron chi connectivity index (χ1n) is 22.8. The van der Waals surface area contributed by atoms with Gasteiger partial charge in [-0.1, -0.05) is 165 Å². The first kappa shape index (κ1) is 51.6. The Morgan fingerprint density at radius 2 is 0.852 bits per heavy atom. The van der Waals surface area contributed by atoms with Crippen molar-refractivity contribution in [1.82, 2.24) is 0 Å². The van der Waals surface area contributed by atoms with Crippen molar-refractivity contribution in [1.29, 1.82) is 0 Å². The standard InChI is InChI=1S/C49H86O5/c1-4-7-10-13-16-19-22-24-26-29-32-35-38-41-44-52-45-47(54-49(51)43-40-37-34-31-27-21-18-15-12-9-6-3)46-53-48(50)42-39-36-33-30-28-25-23-20-17-14-11-8-5-2/h8,11,15,17-20,22,25,28,47H,4-7,9-10,12-14,16,21,23-24,26-27,29-46H2,1-3H3/b11-8-,18-15-,20-17-,22-19-,28-25-. The van der Waals surface area contributed by atoms with E-state index in [9.17, 15) is 9.59 Å². The highest BCUT2D eigenvalue weighted by molar-refractivity contribution is 5.70. The second kappa shape index (κ2) is 45.0. The van der Waals surface area contributed by atoms with Crippen molar-refractivity contribution in [3.8, 4) is 0 Å². The van der Waals surface area contributed by atoms with Crippen LogP contribution in [0, 0.1) is 0 Å². The Hall–Kier alpha value is -2.40. The Kier molecular flexibility index (Phi) is 43.0. The van der Waals surface area contributed by atoms with Crippen LogP contribution in [0.5, 0.6) is 0 Å². The molecule has 312 valence electrons. The van der Waals surface area contributed by atoms with Crippen molar-refractivity contribution in [3.63, 3.8) is 0 Å². The molecule has 0 heterocycles. The van der Waals surface area contributed by atoms with E-state index in [0.29, 0.717) is 19.4 Å². The van der Waals surface area contributed by atoms with Crippen molar-refractivity contribution in [3.05, 3.63) is 60.8 Å². The average Bonchev–Trinajstić information content (AvgIpc) is 3.17. The number of ether oxygens (including phenoxy) is 3. The van der Waals surface area contributed by atoms with E-state index in [1.165, 1.54) is 96.3 Å². The molecule has 0 aliphatic rings. The molecule has 0 saturated heterocycles. The van der Waals surface area contributed by atoms with Gasteiger partial charge in [0.05, 0.1) is 6.61 Å². The van der Waals surface area contributed by atoms with Gasteiger partial charge in [-0.25, -0.2) is 0 Å². The summed E-state index contributed by atoms with van der Waals surface area (Å²) in [6.45, 7) is 7.61. The molecule has 1 unspecified atom stereocenters. The van der Waals surface area contributed by atoms with Gasteiger partial charge in [0.1, 0.15) is 6.61 Å². The van der Waals surface area contributed by atoms with E-state index >= 15 is 0 Å². The van der Waals surface area contributed by atoms with E-state index in [-0.39, 0.29) is 25.2 Å². The number of esters is 2. The van der Waals surface area contributed by atoms with Gasteiger partial charge in [-0.3, -0.25) is 9.59 Å². The molecule has 0 bridgehead atoms. The fraction of sp³-hybridized carbons (Fsp3) is 0.755. The van der Waals surface area contributed by atoms with Crippen molar-refractivity contribution >= 4 is 11.9 Å². The molecule has 0 aliphatic carbocycles. The van der Waals surface area contributed by atoms with Gasteiger partial charge in [-0.2, -0.15) is 0 Å². The van der Waals surface area contributed by atoms with Gasteiger partial charge in [-0.15, -0.1) is 0 Å². The van der Waals surface area contributed by atoms with Crippen molar-refractivity contribution in [2.75, 3.05) is 19.8 Å². The minimum absolute atomic E-state index is 0.0635. The van der Waals surface area contributed by atoms with Crippen LogP contribution in [0.15, 0.2) is 60.8 Å². The second-order valence-electron chi connectivity index (χ2n) is 14.9. The van der Waals surface area contributed by atoms with E-state index in [4.69, 9.17) is 14.2 Å². The number of allylic oxidation sites excluding steroid dienone is 10. The van der Waals surface area contributed by atoms with Gasteiger partial charge in [0, 0.05) is 19.4 Å². The topological polar surface area (TPSA) is 61.8 Å². The molecule has 0 fully saturated rings. The first-order valence-corrected chi connectivity index (χ1v) is 22.8. The minimum atomic E-state index is -0.553. The Labute approximate surface area is 334 Å². The summed E-state index contributed by atoms with van der Waals surface area (Å²) in [5.41, 5.74) is 0. The molecule has 0 saturated carbocycles. The average molecular weight is 755 g/mol. The van der Waals surface area contributed by atoms with Gasteiger partial charge in [0.15, 0.2) is 6.10 Å². The first-order chi connectivity index (χ1) is 26.6. The molecule has 0 aliphatic heterocycles. The monoisotopic (exact) mass is 755 g/mol. The van der Waals surface area contributed by atoms with Crippen molar-refractivity contribution in [2.45, 2.75) is 219 Å². The number of unbranched alkanes of at least 4 members (excludes halogenated alkanes) is 20. The lowest BCUT2D eigenvalue weighted by Crippen LogP contribution is -2.30. The third kappa shape index (κ3) is 42.3. The summed E-state index contributed by atoms with van der Waals surface area (Å²) in [4.78, 5) is 25.2. The molecule has 0 rings (SSSR count). The number of rotatable bonds is 41. The van der Waals surface area contributed by atoms with E-state index in [2.05, 4.69) is 81.5 Å². The molecule has 5 nitrogen and oxygen atoms in total. The molecule has 1 atom stereocenters. The molecule has 0 aromatic heterocycles. The third-order valence-electron chi connectivity index (χ3n) is 9.51. The van der Waals surface area contributed by atoms with Gasteiger partial charge >= 0.3 is 11.9 Å². The molecule has 0 aromatic carbocycles. The summed E-state index contributed by atoms with van der Waals surface area (Å²) in [7, 11) is 0. The SMILES string of the molecule is CC/C=C\C/C=C\C/C=C\CCCCCC(=O)OCC(COCCCCCCCC/C=C\CCCCCC)OC(=O)CCCCCCC/C=C\CCCC. The number of carbonyl (C=O) groups is 2. The highest BCUT2D eigenvalue weighted by Gasteiger charge is 2.17. The molecular weight excluding hydrogens is 669 g/mol. The number of hydrogen-bond donors (Lipinski definition) is 0. The zero-order chi connectivity index (χ0) is 39.3. The van der Waals surface area contributed by atoms with Crippen LogP contribution < -0.4 is 0 Å². The molecule has 0 amide bonds. The van der Waals surface area contributed by atoms with Gasteiger partial charge < -0.3 is 14.2 Å². The van der Waals surface area contributed by atoms with Crippen molar-refractivity contribution < 1.29 is 23.8 Å².